The minimum atomic E-state index is 0.419. The van der Waals surface area contributed by atoms with E-state index in [0.717, 1.165) is 11.8 Å². The molecule has 0 aromatic rings. The molecule has 1 heteroatoms. The van der Waals surface area contributed by atoms with Crippen LogP contribution in [0.4, 0.5) is 0 Å². The van der Waals surface area contributed by atoms with Gasteiger partial charge >= 0.3 is 0 Å². The fourth-order valence-corrected chi connectivity index (χ4v) is 1.96. The Labute approximate surface area is 64.0 Å². The zero-order chi connectivity index (χ0) is 7.56. The lowest BCUT2D eigenvalue weighted by Crippen LogP contribution is -2.30. The first-order valence-electron chi connectivity index (χ1n) is 4.45. The van der Waals surface area contributed by atoms with Crippen LogP contribution in [0.1, 0.15) is 39.5 Å². The Balaban J connectivity index is 2.32. The van der Waals surface area contributed by atoms with Crippen molar-refractivity contribution in [1.29, 1.82) is 0 Å². The molecule has 1 saturated carbocycles. The highest BCUT2D eigenvalue weighted by molar-refractivity contribution is 4.75. The Morgan fingerprint density at radius 2 is 2.10 bits per heavy atom. The van der Waals surface area contributed by atoms with E-state index in [9.17, 15) is 0 Å². The Morgan fingerprint density at radius 1 is 1.40 bits per heavy atom. The van der Waals surface area contributed by atoms with E-state index in [1.807, 2.05) is 0 Å². The lowest BCUT2D eigenvalue weighted by Gasteiger charge is -2.29. The minimum absolute atomic E-state index is 0.419. The summed E-state index contributed by atoms with van der Waals surface area (Å²) in [5, 5.41) is 0. The van der Waals surface area contributed by atoms with Crippen LogP contribution < -0.4 is 5.73 Å². The molecule has 1 rings (SSSR count). The average molecular weight is 141 g/mol. The molecule has 3 atom stereocenters. The first-order chi connectivity index (χ1) is 4.70. The zero-order valence-corrected chi connectivity index (χ0v) is 7.14. The van der Waals surface area contributed by atoms with E-state index < -0.39 is 0 Å². The van der Waals surface area contributed by atoms with E-state index >= 15 is 0 Å². The van der Waals surface area contributed by atoms with Crippen molar-refractivity contribution in [2.45, 2.75) is 45.6 Å². The van der Waals surface area contributed by atoms with Crippen molar-refractivity contribution >= 4 is 0 Å². The summed E-state index contributed by atoms with van der Waals surface area (Å²) in [6.07, 6.45) is 5.54. The van der Waals surface area contributed by atoms with Gasteiger partial charge in [0.05, 0.1) is 0 Å². The molecule has 0 radical (unpaired) electrons. The SMILES string of the molecule is C[C@H]1CCC[C@H]([C@@H](C)N)C1. The molecule has 0 aromatic heterocycles. The van der Waals surface area contributed by atoms with Crippen LogP contribution in [0.5, 0.6) is 0 Å². The summed E-state index contributed by atoms with van der Waals surface area (Å²) < 4.78 is 0. The number of hydrogen-bond acceptors (Lipinski definition) is 1. The average Bonchev–Trinajstić information content (AvgIpc) is 1.88. The third-order valence-corrected chi connectivity index (χ3v) is 2.72. The summed E-state index contributed by atoms with van der Waals surface area (Å²) in [5.74, 6) is 1.73. The predicted molar refractivity (Wildman–Crippen MR) is 44.8 cm³/mol. The van der Waals surface area contributed by atoms with E-state index in [-0.39, 0.29) is 0 Å². The van der Waals surface area contributed by atoms with Crippen molar-refractivity contribution in [2.75, 3.05) is 0 Å². The second-order valence-corrected chi connectivity index (χ2v) is 3.89. The molecule has 1 aliphatic rings. The maximum absolute atomic E-state index is 5.83. The minimum Gasteiger partial charge on any atom is -0.328 e. The van der Waals surface area contributed by atoms with Crippen molar-refractivity contribution < 1.29 is 0 Å². The van der Waals surface area contributed by atoms with Gasteiger partial charge in [-0.1, -0.05) is 19.8 Å². The topological polar surface area (TPSA) is 26.0 Å². The van der Waals surface area contributed by atoms with Gasteiger partial charge in [-0.05, 0) is 31.6 Å². The molecule has 2 N–H and O–H groups in total. The van der Waals surface area contributed by atoms with Crippen LogP contribution in [0, 0.1) is 11.8 Å². The van der Waals surface area contributed by atoms with E-state index in [1.54, 1.807) is 0 Å². The van der Waals surface area contributed by atoms with Gasteiger partial charge in [0.2, 0.25) is 0 Å². The molecule has 10 heavy (non-hydrogen) atoms. The maximum atomic E-state index is 5.83. The van der Waals surface area contributed by atoms with E-state index in [2.05, 4.69) is 13.8 Å². The quantitative estimate of drug-likeness (QED) is 0.595. The highest BCUT2D eigenvalue weighted by Gasteiger charge is 2.21. The van der Waals surface area contributed by atoms with Gasteiger partial charge in [0, 0.05) is 6.04 Å². The standard InChI is InChI=1S/C9H19N/c1-7-4-3-5-9(6-7)8(2)10/h7-9H,3-6,10H2,1-2H3/t7-,8+,9-/m0/s1. The number of hydrogen-bond donors (Lipinski definition) is 1. The van der Waals surface area contributed by atoms with Crippen molar-refractivity contribution in [3.8, 4) is 0 Å². The molecule has 0 aliphatic heterocycles. The Kier molecular flexibility index (Phi) is 2.72. The second-order valence-electron chi connectivity index (χ2n) is 3.89. The Morgan fingerprint density at radius 3 is 2.50 bits per heavy atom. The van der Waals surface area contributed by atoms with Gasteiger partial charge in [-0.3, -0.25) is 0 Å². The molecule has 0 bridgehead atoms. The third kappa shape index (κ3) is 1.98. The molecule has 0 saturated heterocycles. The lowest BCUT2D eigenvalue weighted by atomic mass is 9.79. The van der Waals surface area contributed by atoms with E-state index in [1.165, 1.54) is 25.7 Å². The van der Waals surface area contributed by atoms with Gasteiger partial charge in [0.1, 0.15) is 0 Å². The van der Waals surface area contributed by atoms with Crippen LogP contribution in [0.2, 0.25) is 0 Å². The van der Waals surface area contributed by atoms with Gasteiger partial charge in [-0.2, -0.15) is 0 Å². The smallest absolute Gasteiger partial charge is 0.00388 e. The highest BCUT2D eigenvalue weighted by Crippen LogP contribution is 2.29. The molecule has 0 amide bonds. The van der Waals surface area contributed by atoms with Crippen molar-refractivity contribution in [3.05, 3.63) is 0 Å². The molecule has 1 nitrogen and oxygen atoms in total. The van der Waals surface area contributed by atoms with Crippen LogP contribution in [0.25, 0.3) is 0 Å². The molecule has 0 heterocycles. The molecule has 0 aromatic carbocycles. The molecule has 0 spiro atoms. The van der Waals surface area contributed by atoms with E-state index in [4.69, 9.17) is 5.73 Å². The molecular formula is C9H19N. The largest absolute Gasteiger partial charge is 0.328 e. The first-order valence-corrected chi connectivity index (χ1v) is 4.45. The summed E-state index contributed by atoms with van der Waals surface area (Å²) in [5.41, 5.74) is 5.83. The summed E-state index contributed by atoms with van der Waals surface area (Å²) in [7, 11) is 0. The van der Waals surface area contributed by atoms with Crippen LogP contribution >= 0.6 is 0 Å². The lowest BCUT2D eigenvalue weighted by molar-refractivity contribution is 0.254. The molecule has 60 valence electrons. The monoisotopic (exact) mass is 141 g/mol. The predicted octanol–water partition coefficient (Wildman–Crippen LogP) is 2.16. The third-order valence-electron chi connectivity index (χ3n) is 2.72. The van der Waals surface area contributed by atoms with Crippen LogP contribution in [0.3, 0.4) is 0 Å². The van der Waals surface area contributed by atoms with Crippen molar-refractivity contribution in [1.82, 2.24) is 0 Å². The highest BCUT2D eigenvalue weighted by atomic mass is 14.6. The number of nitrogens with two attached hydrogens (primary N) is 1. The van der Waals surface area contributed by atoms with E-state index in [0.29, 0.717) is 6.04 Å². The fourth-order valence-electron chi connectivity index (χ4n) is 1.96. The maximum Gasteiger partial charge on any atom is 0.00388 e. The van der Waals surface area contributed by atoms with Crippen LogP contribution in [-0.2, 0) is 0 Å². The van der Waals surface area contributed by atoms with Crippen LogP contribution in [0.15, 0.2) is 0 Å². The first kappa shape index (κ1) is 8.06. The van der Waals surface area contributed by atoms with Gasteiger partial charge in [-0.15, -0.1) is 0 Å². The molecule has 1 aliphatic carbocycles. The van der Waals surface area contributed by atoms with Crippen molar-refractivity contribution in [3.63, 3.8) is 0 Å². The normalized spacial score (nSPS) is 37.5. The van der Waals surface area contributed by atoms with Gasteiger partial charge in [0.25, 0.3) is 0 Å². The summed E-state index contributed by atoms with van der Waals surface area (Å²) >= 11 is 0. The van der Waals surface area contributed by atoms with Crippen LogP contribution in [-0.4, -0.2) is 6.04 Å². The second kappa shape index (κ2) is 3.38. The summed E-state index contributed by atoms with van der Waals surface area (Å²) in [4.78, 5) is 0. The molecule has 0 unspecified atom stereocenters. The van der Waals surface area contributed by atoms with Gasteiger partial charge in [-0.25, -0.2) is 0 Å². The summed E-state index contributed by atoms with van der Waals surface area (Å²) in [6.45, 7) is 4.48. The number of rotatable bonds is 1. The van der Waals surface area contributed by atoms with Gasteiger partial charge in [0.15, 0.2) is 0 Å². The van der Waals surface area contributed by atoms with Crippen molar-refractivity contribution in [2.24, 2.45) is 17.6 Å². The zero-order valence-electron chi connectivity index (χ0n) is 7.14. The summed E-state index contributed by atoms with van der Waals surface area (Å²) in [6, 6.07) is 0.419. The Bertz CT molecular complexity index is 98.9. The molecule has 1 fully saturated rings. The fraction of sp³-hybridized carbons (Fsp3) is 1.00. The Hall–Kier alpha value is -0.0400. The molecular weight excluding hydrogens is 122 g/mol. The van der Waals surface area contributed by atoms with Gasteiger partial charge < -0.3 is 5.73 Å².